The van der Waals surface area contributed by atoms with Gasteiger partial charge in [0.15, 0.2) is 5.82 Å². The summed E-state index contributed by atoms with van der Waals surface area (Å²) in [6, 6.07) is 6.14. The first kappa shape index (κ1) is 16.5. The monoisotopic (exact) mass is 345 g/mol. The van der Waals surface area contributed by atoms with Gasteiger partial charge in [0.25, 0.3) is 0 Å². The van der Waals surface area contributed by atoms with Crippen LogP contribution in [0.5, 0.6) is 0 Å². The third-order valence-corrected chi connectivity index (χ3v) is 4.41. The highest BCUT2D eigenvalue weighted by atomic mass is 35.5. The van der Waals surface area contributed by atoms with Crippen LogP contribution in [0.15, 0.2) is 12.1 Å². The van der Waals surface area contributed by atoms with E-state index in [0.717, 1.165) is 31.4 Å². The fraction of sp³-hybridized carbons (Fsp3) is 0.500. The molecule has 0 saturated heterocycles. The van der Waals surface area contributed by atoms with Gasteiger partial charge in [0, 0.05) is 30.3 Å². The smallest absolute Gasteiger partial charge is 0.226 e. The van der Waals surface area contributed by atoms with Crippen molar-refractivity contribution in [3.05, 3.63) is 23.0 Å². The van der Waals surface area contributed by atoms with Crippen LogP contribution in [0.25, 0.3) is 0 Å². The van der Waals surface area contributed by atoms with Gasteiger partial charge in [-0.25, -0.2) is 4.98 Å². The topological polar surface area (TPSA) is 102 Å². The summed E-state index contributed by atoms with van der Waals surface area (Å²) in [5.41, 5.74) is 0.963. The second-order valence-corrected chi connectivity index (χ2v) is 6.57. The zero-order valence-electron chi connectivity index (χ0n) is 13.5. The lowest BCUT2D eigenvalue weighted by molar-refractivity contribution is 0.342. The van der Waals surface area contributed by atoms with Crippen molar-refractivity contribution >= 4 is 29.2 Å². The summed E-state index contributed by atoms with van der Waals surface area (Å²) in [6.07, 6.45) is 4.80. The third kappa shape index (κ3) is 4.36. The number of nitriles is 1. The minimum absolute atomic E-state index is 0.318. The first-order chi connectivity index (χ1) is 11.6. The van der Waals surface area contributed by atoms with E-state index in [2.05, 4.69) is 36.9 Å². The fourth-order valence-corrected chi connectivity index (χ4v) is 3.17. The number of rotatable bonds is 5. The van der Waals surface area contributed by atoms with Gasteiger partial charge in [-0.05, 0) is 38.5 Å². The third-order valence-electron chi connectivity index (χ3n) is 4.22. The van der Waals surface area contributed by atoms with Crippen LogP contribution in [0.2, 0.25) is 5.15 Å². The zero-order chi connectivity index (χ0) is 16.9. The van der Waals surface area contributed by atoms with Crippen LogP contribution in [0.3, 0.4) is 0 Å². The van der Waals surface area contributed by atoms with Crippen LogP contribution < -0.4 is 10.6 Å². The lowest BCUT2D eigenvalue weighted by Gasteiger charge is -2.27. The van der Waals surface area contributed by atoms with E-state index in [1.165, 1.54) is 0 Å². The Hall–Kier alpha value is -2.33. The molecule has 2 heterocycles. The first-order valence-electron chi connectivity index (χ1n) is 8.09. The van der Waals surface area contributed by atoms with E-state index in [0.29, 0.717) is 41.1 Å². The molecule has 0 spiro atoms. The number of hydrogen-bond acceptors (Lipinski definition) is 6. The molecule has 1 aliphatic carbocycles. The quantitative estimate of drug-likeness (QED) is 0.712. The largest absolute Gasteiger partial charge is 0.351 e. The van der Waals surface area contributed by atoms with Crippen LogP contribution in [0.1, 0.15) is 37.8 Å². The van der Waals surface area contributed by atoms with E-state index in [-0.39, 0.29) is 0 Å². The molecule has 0 radical (unpaired) electrons. The van der Waals surface area contributed by atoms with E-state index < -0.39 is 0 Å². The molecule has 126 valence electrons. The molecule has 0 bridgehead atoms. The maximum absolute atomic E-state index is 8.79. The van der Waals surface area contributed by atoms with Gasteiger partial charge in [0.1, 0.15) is 11.0 Å². The molecule has 24 heavy (non-hydrogen) atoms. The van der Waals surface area contributed by atoms with Crippen LogP contribution in [0, 0.1) is 24.2 Å². The Labute approximate surface area is 145 Å². The summed E-state index contributed by atoms with van der Waals surface area (Å²) in [5.74, 6) is 2.32. The molecule has 2 aromatic rings. The highest BCUT2D eigenvalue weighted by molar-refractivity contribution is 6.29. The number of aromatic amines is 1. The molecular weight excluding hydrogens is 326 g/mol. The highest BCUT2D eigenvalue weighted by Crippen LogP contribution is 2.28. The number of aryl methyl sites for hydroxylation is 1. The Morgan fingerprint density at radius 1 is 1.25 bits per heavy atom. The number of halogens is 1. The number of H-pyrrole nitrogens is 1. The van der Waals surface area contributed by atoms with E-state index in [9.17, 15) is 0 Å². The van der Waals surface area contributed by atoms with Gasteiger partial charge in [-0.1, -0.05) is 11.6 Å². The van der Waals surface area contributed by atoms with E-state index in [1.807, 2.05) is 13.0 Å². The Kier molecular flexibility index (Phi) is 5.16. The molecule has 0 unspecified atom stereocenters. The second-order valence-electron chi connectivity index (χ2n) is 6.18. The van der Waals surface area contributed by atoms with Crippen molar-refractivity contribution in [2.45, 2.75) is 45.1 Å². The summed E-state index contributed by atoms with van der Waals surface area (Å²) in [7, 11) is 0. The Balaban J connectivity index is 1.63. The Morgan fingerprint density at radius 3 is 2.71 bits per heavy atom. The molecule has 0 amide bonds. The molecule has 0 aliphatic heterocycles. The van der Waals surface area contributed by atoms with Gasteiger partial charge in [-0.3, -0.25) is 5.10 Å². The number of hydrogen-bond donors (Lipinski definition) is 3. The standard InChI is InChI=1S/C16H20ClN7/c1-10-8-15(24-23-10)21-14-9-13(17)20-16(22-14)19-12-4-2-11(3-5-12)6-7-18/h8-9,11-12H,2-6H2,1H3,(H3,19,20,21,22,23,24). The predicted molar refractivity (Wildman–Crippen MR) is 93.2 cm³/mol. The summed E-state index contributed by atoms with van der Waals surface area (Å²) in [4.78, 5) is 8.72. The van der Waals surface area contributed by atoms with Crippen molar-refractivity contribution in [3.63, 3.8) is 0 Å². The van der Waals surface area contributed by atoms with Crippen LogP contribution >= 0.6 is 11.6 Å². The summed E-state index contributed by atoms with van der Waals surface area (Å²) >= 11 is 6.11. The SMILES string of the molecule is Cc1cc(Nc2cc(Cl)nc(NC3CCC(CC#N)CC3)n2)n[nH]1. The molecule has 1 saturated carbocycles. The van der Waals surface area contributed by atoms with Crippen molar-refractivity contribution in [1.82, 2.24) is 20.2 Å². The van der Waals surface area contributed by atoms with Gasteiger partial charge in [-0.2, -0.15) is 15.3 Å². The fourth-order valence-electron chi connectivity index (χ4n) is 2.98. The normalized spacial score (nSPS) is 20.4. The molecule has 7 nitrogen and oxygen atoms in total. The lowest BCUT2D eigenvalue weighted by Crippen LogP contribution is -2.27. The van der Waals surface area contributed by atoms with E-state index in [4.69, 9.17) is 16.9 Å². The zero-order valence-corrected chi connectivity index (χ0v) is 14.3. The molecular formula is C16H20ClN7. The minimum Gasteiger partial charge on any atom is -0.351 e. The van der Waals surface area contributed by atoms with Crippen LogP contribution in [-0.4, -0.2) is 26.2 Å². The van der Waals surface area contributed by atoms with Crippen LogP contribution in [0.4, 0.5) is 17.6 Å². The van der Waals surface area contributed by atoms with Crippen molar-refractivity contribution < 1.29 is 0 Å². The number of aromatic nitrogens is 4. The average molecular weight is 346 g/mol. The molecule has 2 aromatic heterocycles. The highest BCUT2D eigenvalue weighted by Gasteiger charge is 2.21. The molecule has 0 atom stereocenters. The number of anilines is 3. The summed E-state index contributed by atoms with van der Waals surface area (Å²) < 4.78 is 0. The van der Waals surface area contributed by atoms with Gasteiger partial charge in [0.2, 0.25) is 5.95 Å². The Bertz CT molecular complexity index is 728. The van der Waals surface area contributed by atoms with Gasteiger partial charge < -0.3 is 10.6 Å². The maximum Gasteiger partial charge on any atom is 0.226 e. The van der Waals surface area contributed by atoms with Crippen LogP contribution in [-0.2, 0) is 0 Å². The molecule has 1 fully saturated rings. The van der Waals surface area contributed by atoms with Gasteiger partial charge >= 0.3 is 0 Å². The predicted octanol–water partition coefficient (Wildman–Crippen LogP) is 3.79. The van der Waals surface area contributed by atoms with Gasteiger partial charge in [0.05, 0.1) is 6.07 Å². The average Bonchev–Trinajstić information content (AvgIpc) is 2.94. The molecule has 8 heteroatoms. The lowest BCUT2D eigenvalue weighted by atomic mass is 9.84. The Morgan fingerprint density at radius 2 is 2.04 bits per heavy atom. The van der Waals surface area contributed by atoms with Crippen molar-refractivity contribution in [2.24, 2.45) is 5.92 Å². The van der Waals surface area contributed by atoms with E-state index >= 15 is 0 Å². The van der Waals surface area contributed by atoms with Crippen molar-refractivity contribution in [1.29, 1.82) is 5.26 Å². The molecule has 1 aliphatic rings. The first-order valence-corrected chi connectivity index (χ1v) is 8.47. The van der Waals surface area contributed by atoms with E-state index in [1.54, 1.807) is 6.07 Å². The number of nitrogens with one attached hydrogen (secondary N) is 3. The summed E-state index contributed by atoms with van der Waals surface area (Å²) in [5, 5.41) is 22.6. The molecule has 3 N–H and O–H groups in total. The summed E-state index contributed by atoms with van der Waals surface area (Å²) in [6.45, 7) is 1.93. The van der Waals surface area contributed by atoms with Gasteiger partial charge in [-0.15, -0.1) is 0 Å². The molecule has 3 rings (SSSR count). The molecule has 0 aromatic carbocycles. The number of nitrogens with zero attached hydrogens (tertiary/aromatic N) is 4. The minimum atomic E-state index is 0.318. The maximum atomic E-state index is 8.79. The van der Waals surface area contributed by atoms with Crippen molar-refractivity contribution in [2.75, 3.05) is 10.6 Å². The second kappa shape index (κ2) is 7.49. The van der Waals surface area contributed by atoms with Crippen molar-refractivity contribution in [3.8, 4) is 6.07 Å².